The van der Waals surface area contributed by atoms with Crippen LogP contribution in [0.25, 0.3) is 0 Å². The topological polar surface area (TPSA) is 64.5 Å². The van der Waals surface area contributed by atoms with E-state index in [-0.39, 0.29) is 23.8 Å². The molecule has 0 aliphatic carbocycles. The second-order valence-electron chi connectivity index (χ2n) is 8.24. The first kappa shape index (κ1) is 23.3. The van der Waals surface area contributed by atoms with Gasteiger partial charge in [-0.15, -0.1) is 0 Å². The van der Waals surface area contributed by atoms with Gasteiger partial charge in [0, 0.05) is 49.5 Å². The average molecular weight is 486 g/mol. The van der Waals surface area contributed by atoms with Crippen LogP contribution in [0.4, 0.5) is 0 Å². The minimum atomic E-state index is -0.188. The highest BCUT2D eigenvalue weighted by atomic mass is 35.5. The standard InChI is InChI=1S/C25H25Cl2N3O3/c1-15-4-8-24(28-11-15)33-16(2)19-13-30(25(31)18-6-9-23(32-3)29-12-18)14-20(19)17-5-7-21(26)22(27)10-17/h4-12,16,19-20H,13-14H2,1-3H3/t16-,19-,20-/m0/s1. The van der Waals surface area contributed by atoms with E-state index >= 15 is 0 Å². The molecule has 0 N–H and O–H groups in total. The van der Waals surface area contributed by atoms with E-state index in [1.54, 1.807) is 37.7 Å². The monoisotopic (exact) mass is 485 g/mol. The fourth-order valence-electron chi connectivity index (χ4n) is 4.18. The Morgan fingerprint density at radius 2 is 1.79 bits per heavy atom. The van der Waals surface area contributed by atoms with Crippen molar-refractivity contribution < 1.29 is 14.3 Å². The Morgan fingerprint density at radius 1 is 1.03 bits per heavy atom. The molecule has 3 aromatic rings. The van der Waals surface area contributed by atoms with Crippen LogP contribution >= 0.6 is 23.2 Å². The zero-order valence-electron chi connectivity index (χ0n) is 18.7. The fourth-order valence-corrected chi connectivity index (χ4v) is 4.48. The molecule has 33 heavy (non-hydrogen) atoms. The van der Waals surface area contributed by atoms with Gasteiger partial charge in [0.1, 0.15) is 6.10 Å². The molecule has 1 fully saturated rings. The Balaban J connectivity index is 1.60. The van der Waals surface area contributed by atoms with Crippen LogP contribution in [0.1, 0.15) is 34.3 Å². The van der Waals surface area contributed by atoms with Crippen molar-refractivity contribution in [3.63, 3.8) is 0 Å². The number of amides is 1. The maximum atomic E-state index is 13.3. The van der Waals surface area contributed by atoms with E-state index in [9.17, 15) is 4.79 Å². The van der Waals surface area contributed by atoms with Gasteiger partial charge in [-0.3, -0.25) is 4.79 Å². The number of likely N-dealkylation sites (tertiary alicyclic amines) is 1. The number of methoxy groups -OCH3 is 1. The number of nitrogens with zero attached hydrogens (tertiary/aromatic N) is 3. The van der Waals surface area contributed by atoms with Crippen molar-refractivity contribution in [3.05, 3.63) is 81.6 Å². The summed E-state index contributed by atoms with van der Waals surface area (Å²) < 4.78 is 11.3. The maximum Gasteiger partial charge on any atom is 0.255 e. The third kappa shape index (κ3) is 5.23. The first-order chi connectivity index (χ1) is 15.9. The Kier molecular flexibility index (Phi) is 7.05. The van der Waals surface area contributed by atoms with E-state index < -0.39 is 0 Å². The number of pyridine rings is 2. The van der Waals surface area contributed by atoms with Gasteiger partial charge in [-0.25, -0.2) is 9.97 Å². The van der Waals surface area contributed by atoms with Gasteiger partial charge in [-0.05, 0) is 43.2 Å². The normalized spacial score (nSPS) is 18.8. The molecule has 0 saturated carbocycles. The molecule has 3 heterocycles. The summed E-state index contributed by atoms with van der Waals surface area (Å²) in [5, 5.41) is 0.992. The summed E-state index contributed by atoms with van der Waals surface area (Å²) in [4.78, 5) is 23.6. The zero-order valence-corrected chi connectivity index (χ0v) is 20.2. The second kappa shape index (κ2) is 9.98. The first-order valence-corrected chi connectivity index (χ1v) is 11.4. The molecule has 3 atom stereocenters. The molecule has 1 aliphatic heterocycles. The number of hydrogen-bond acceptors (Lipinski definition) is 5. The van der Waals surface area contributed by atoms with Gasteiger partial charge in [0.25, 0.3) is 5.91 Å². The number of carbonyl (C=O) groups excluding carboxylic acids is 1. The Bertz CT molecular complexity index is 1120. The number of carbonyl (C=O) groups is 1. The van der Waals surface area contributed by atoms with Crippen molar-refractivity contribution in [1.82, 2.24) is 14.9 Å². The fraction of sp³-hybridized carbons (Fsp3) is 0.320. The number of aromatic nitrogens is 2. The first-order valence-electron chi connectivity index (χ1n) is 10.7. The Morgan fingerprint density at radius 3 is 2.42 bits per heavy atom. The molecule has 4 rings (SSSR count). The molecular formula is C25H25Cl2N3O3. The predicted octanol–water partition coefficient (Wildman–Crippen LogP) is 5.42. The molecule has 0 unspecified atom stereocenters. The number of ether oxygens (including phenoxy) is 2. The molecule has 1 amide bonds. The van der Waals surface area contributed by atoms with Crippen molar-refractivity contribution in [2.24, 2.45) is 5.92 Å². The third-order valence-electron chi connectivity index (χ3n) is 6.01. The summed E-state index contributed by atoms with van der Waals surface area (Å²) in [6.07, 6.45) is 3.13. The quantitative estimate of drug-likeness (QED) is 0.466. The Hall–Kier alpha value is -2.83. The summed E-state index contributed by atoms with van der Waals surface area (Å²) in [6, 6.07) is 12.9. The van der Waals surface area contributed by atoms with Gasteiger partial charge in [-0.2, -0.15) is 0 Å². The molecule has 1 aliphatic rings. The lowest BCUT2D eigenvalue weighted by Gasteiger charge is -2.25. The van der Waals surface area contributed by atoms with Gasteiger partial charge in [0.2, 0.25) is 11.8 Å². The molecule has 0 bridgehead atoms. The van der Waals surface area contributed by atoms with E-state index in [1.165, 1.54) is 0 Å². The van der Waals surface area contributed by atoms with Crippen LogP contribution in [-0.4, -0.2) is 47.1 Å². The molecule has 1 aromatic carbocycles. The van der Waals surface area contributed by atoms with Crippen LogP contribution in [0.5, 0.6) is 11.8 Å². The van der Waals surface area contributed by atoms with Crippen molar-refractivity contribution in [2.75, 3.05) is 20.2 Å². The number of benzene rings is 1. The highest BCUT2D eigenvalue weighted by Gasteiger charge is 2.40. The van der Waals surface area contributed by atoms with Gasteiger partial charge < -0.3 is 14.4 Å². The van der Waals surface area contributed by atoms with Crippen molar-refractivity contribution in [1.29, 1.82) is 0 Å². The van der Waals surface area contributed by atoms with Crippen LogP contribution in [0.2, 0.25) is 10.0 Å². The van der Waals surface area contributed by atoms with Gasteiger partial charge >= 0.3 is 0 Å². The third-order valence-corrected chi connectivity index (χ3v) is 6.75. The van der Waals surface area contributed by atoms with Crippen LogP contribution in [0.3, 0.4) is 0 Å². The highest BCUT2D eigenvalue weighted by molar-refractivity contribution is 6.42. The summed E-state index contributed by atoms with van der Waals surface area (Å²) in [7, 11) is 1.54. The van der Waals surface area contributed by atoms with Crippen LogP contribution < -0.4 is 9.47 Å². The van der Waals surface area contributed by atoms with Gasteiger partial charge in [0.05, 0.1) is 22.7 Å². The average Bonchev–Trinajstić information content (AvgIpc) is 3.27. The maximum absolute atomic E-state index is 13.3. The molecule has 172 valence electrons. The summed E-state index contributed by atoms with van der Waals surface area (Å²) >= 11 is 12.5. The molecule has 8 heteroatoms. The SMILES string of the molecule is COc1ccc(C(=O)N2C[C@@H]([C@H](C)Oc3ccc(C)cn3)[C@H](c3ccc(Cl)c(Cl)c3)C2)cn1. The Labute approximate surface area is 203 Å². The number of rotatable bonds is 6. The molecule has 2 aromatic heterocycles. The lowest BCUT2D eigenvalue weighted by atomic mass is 9.86. The summed E-state index contributed by atoms with van der Waals surface area (Å²) in [5.41, 5.74) is 2.59. The molecule has 0 radical (unpaired) electrons. The second-order valence-corrected chi connectivity index (χ2v) is 9.05. The molecule has 0 spiro atoms. The summed E-state index contributed by atoms with van der Waals surface area (Å²) in [5.74, 6) is 0.992. The molecular weight excluding hydrogens is 461 g/mol. The minimum absolute atomic E-state index is 0.0235. The summed E-state index contributed by atoms with van der Waals surface area (Å²) in [6.45, 7) is 5.06. The zero-order chi connectivity index (χ0) is 23.5. The lowest BCUT2D eigenvalue weighted by molar-refractivity contribution is 0.0769. The van der Waals surface area contributed by atoms with E-state index in [2.05, 4.69) is 9.97 Å². The highest BCUT2D eigenvalue weighted by Crippen LogP contribution is 2.38. The van der Waals surface area contributed by atoms with Crippen LogP contribution in [-0.2, 0) is 0 Å². The molecule has 1 saturated heterocycles. The lowest BCUT2D eigenvalue weighted by Crippen LogP contribution is -2.32. The van der Waals surface area contributed by atoms with Crippen LogP contribution in [0.15, 0.2) is 54.9 Å². The van der Waals surface area contributed by atoms with Crippen molar-refractivity contribution in [3.8, 4) is 11.8 Å². The predicted molar refractivity (Wildman–Crippen MR) is 128 cm³/mol. The largest absolute Gasteiger partial charge is 0.481 e. The van der Waals surface area contributed by atoms with E-state index in [4.69, 9.17) is 32.7 Å². The van der Waals surface area contributed by atoms with Crippen molar-refractivity contribution >= 4 is 29.1 Å². The van der Waals surface area contributed by atoms with E-state index in [0.29, 0.717) is 40.5 Å². The van der Waals surface area contributed by atoms with Crippen molar-refractivity contribution in [2.45, 2.75) is 25.9 Å². The van der Waals surface area contributed by atoms with E-state index in [1.807, 2.05) is 43.0 Å². The smallest absolute Gasteiger partial charge is 0.255 e. The minimum Gasteiger partial charge on any atom is -0.481 e. The molecule has 6 nitrogen and oxygen atoms in total. The van der Waals surface area contributed by atoms with Crippen LogP contribution in [0, 0.1) is 12.8 Å². The van der Waals surface area contributed by atoms with Gasteiger partial charge in [0.15, 0.2) is 0 Å². The van der Waals surface area contributed by atoms with Gasteiger partial charge in [-0.1, -0.05) is 35.3 Å². The van der Waals surface area contributed by atoms with E-state index in [0.717, 1.165) is 11.1 Å². The number of aryl methyl sites for hydroxylation is 1. The number of hydrogen-bond donors (Lipinski definition) is 0. The number of halogens is 2.